The number of aromatic carboxylic acids is 1. The summed E-state index contributed by atoms with van der Waals surface area (Å²) in [5, 5.41) is 16.9. The number of carboxylic acid groups (broad SMARTS) is 1. The normalized spacial score (nSPS) is 14.6. The number of nitrogen functional groups attached to an aromatic ring is 1. The molecule has 0 spiro atoms. The second-order valence-corrected chi connectivity index (χ2v) is 7.29. The Balaban J connectivity index is 1.92. The van der Waals surface area contributed by atoms with Crippen molar-refractivity contribution in [2.45, 2.75) is 25.7 Å². The molecule has 0 unspecified atom stereocenters. The average molecular weight is 389 g/mol. The first-order chi connectivity index (χ1) is 14.1. The Bertz CT molecular complexity index is 1090. The first-order valence-electron chi connectivity index (χ1n) is 9.77. The molecule has 2 heterocycles. The first kappa shape index (κ1) is 18.9. The summed E-state index contributed by atoms with van der Waals surface area (Å²) in [6.07, 6.45) is 5.79. The summed E-state index contributed by atoms with van der Waals surface area (Å²) >= 11 is 0. The molecule has 29 heavy (non-hydrogen) atoms. The van der Waals surface area contributed by atoms with Crippen LogP contribution in [0.5, 0.6) is 0 Å². The molecule has 7 heteroatoms. The first-order valence-corrected chi connectivity index (χ1v) is 9.77. The Morgan fingerprint density at radius 2 is 1.79 bits per heavy atom. The lowest BCUT2D eigenvalue weighted by Gasteiger charge is -2.24. The van der Waals surface area contributed by atoms with E-state index < -0.39 is 5.97 Å². The Hall–Kier alpha value is -3.48. The zero-order valence-electron chi connectivity index (χ0n) is 16.1. The van der Waals surface area contributed by atoms with E-state index in [1.807, 2.05) is 12.1 Å². The van der Waals surface area contributed by atoms with Gasteiger partial charge in [-0.15, -0.1) is 0 Å². The molecule has 0 amide bonds. The van der Waals surface area contributed by atoms with Crippen LogP contribution in [0.4, 0.5) is 11.5 Å². The number of nitrogens with one attached hydrogen (secondary N) is 1. The van der Waals surface area contributed by atoms with Crippen molar-refractivity contribution in [1.29, 1.82) is 5.41 Å². The summed E-state index contributed by atoms with van der Waals surface area (Å²) in [5.74, 6) is -0.231. The number of carboxylic acids is 1. The molecule has 7 nitrogen and oxygen atoms in total. The zero-order valence-corrected chi connectivity index (χ0v) is 16.1. The highest BCUT2D eigenvalue weighted by molar-refractivity contribution is 5.94. The predicted molar refractivity (Wildman–Crippen MR) is 115 cm³/mol. The number of rotatable bonds is 4. The molecular weight excluding hydrogens is 366 g/mol. The van der Waals surface area contributed by atoms with Gasteiger partial charge < -0.3 is 21.1 Å². The molecule has 1 aliphatic heterocycles. The van der Waals surface area contributed by atoms with E-state index in [9.17, 15) is 9.90 Å². The van der Waals surface area contributed by atoms with E-state index in [0.29, 0.717) is 22.3 Å². The number of aromatic nitrogens is 2. The summed E-state index contributed by atoms with van der Waals surface area (Å²) in [5.41, 5.74) is 10.1. The minimum absolute atomic E-state index is 0.194. The van der Waals surface area contributed by atoms with Gasteiger partial charge in [-0.1, -0.05) is 18.9 Å². The molecule has 1 fully saturated rings. The van der Waals surface area contributed by atoms with Crippen molar-refractivity contribution in [3.8, 4) is 11.3 Å². The van der Waals surface area contributed by atoms with E-state index in [4.69, 9.17) is 21.1 Å². The highest BCUT2D eigenvalue weighted by Gasteiger charge is 2.20. The molecule has 1 aromatic heterocycles. The highest BCUT2D eigenvalue weighted by atomic mass is 16.4. The molecular formula is C22H23N5O2. The molecule has 1 saturated heterocycles. The number of benzene rings is 2. The van der Waals surface area contributed by atoms with Crippen LogP contribution in [0.2, 0.25) is 0 Å². The van der Waals surface area contributed by atoms with Crippen molar-refractivity contribution in [2.24, 2.45) is 0 Å². The standard InChI is InChI=1S/C22H23N5O2/c23-13-16-11-14(5-7-17(16)24)20-21(27-9-3-1-2-4-10-27)26-19-12-15(22(28)29)6-8-18(19)25-20/h5-8,11-13,23H,1-4,9-10,24H2,(H,28,29). The average Bonchev–Trinajstić information content (AvgIpc) is 3.02. The van der Waals surface area contributed by atoms with Gasteiger partial charge in [-0.2, -0.15) is 0 Å². The predicted octanol–water partition coefficient (Wildman–Crippen LogP) is 3.96. The smallest absolute Gasteiger partial charge is 0.335 e. The lowest BCUT2D eigenvalue weighted by atomic mass is 10.1. The van der Waals surface area contributed by atoms with Crippen LogP contribution in [0.1, 0.15) is 41.6 Å². The van der Waals surface area contributed by atoms with Gasteiger partial charge in [0.25, 0.3) is 0 Å². The Morgan fingerprint density at radius 3 is 2.48 bits per heavy atom. The van der Waals surface area contributed by atoms with Gasteiger partial charge in [-0.05, 0) is 43.2 Å². The molecule has 1 aliphatic rings. The maximum atomic E-state index is 11.4. The summed E-state index contributed by atoms with van der Waals surface area (Å²) in [7, 11) is 0. The number of hydrogen-bond acceptors (Lipinski definition) is 6. The number of fused-ring (bicyclic) bond motifs is 1. The number of nitrogens with two attached hydrogens (primary N) is 1. The quantitative estimate of drug-likeness (QED) is 0.459. The molecule has 0 radical (unpaired) electrons. The van der Waals surface area contributed by atoms with Crippen LogP contribution in [-0.2, 0) is 0 Å². The number of anilines is 2. The second-order valence-electron chi connectivity index (χ2n) is 7.29. The van der Waals surface area contributed by atoms with Crippen molar-refractivity contribution >= 4 is 34.7 Å². The van der Waals surface area contributed by atoms with Crippen molar-refractivity contribution in [3.63, 3.8) is 0 Å². The molecule has 0 bridgehead atoms. The molecule has 0 saturated carbocycles. The topological polar surface area (TPSA) is 116 Å². The maximum absolute atomic E-state index is 11.4. The molecule has 2 aromatic carbocycles. The van der Waals surface area contributed by atoms with E-state index in [0.717, 1.165) is 43.0 Å². The van der Waals surface area contributed by atoms with E-state index in [1.165, 1.54) is 19.1 Å². The minimum Gasteiger partial charge on any atom is -0.478 e. The number of nitrogens with zero attached hydrogens (tertiary/aromatic N) is 3. The number of hydrogen-bond donors (Lipinski definition) is 3. The van der Waals surface area contributed by atoms with Crippen molar-refractivity contribution < 1.29 is 9.90 Å². The van der Waals surface area contributed by atoms with Crippen LogP contribution in [0.25, 0.3) is 22.3 Å². The fourth-order valence-corrected chi connectivity index (χ4v) is 3.72. The van der Waals surface area contributed by atoms with Crippen LogP contribution in [-0.4, -0.2) is 40.3 Å². The van der Waals surface area contributed by atoms with Crippen LogP contribution < -0.4 is 10.6 Å². The van der Waals surface area contributed by atoms with Crippen LogP contribution in [0.3, 0.4) is 0 Å². The molecule has 0 aliphatic carbocycles. The lowest BCUT2D eigenvalue weighted by Crippen LogP contribution is -2.26. The summed E-state index contributed by atoms with van der Waals surface area (Å²) in [6, 6.07) is 10.3. The van der Waals surface area contributed by atoms with Crippen molar-refractivity contribution in [3.05, 3.63) is 47.5 Å². The van der Waals surface area contributed by atoms with E-state index >= 15 is 0 Å². The largest absolute Gasteiger partial charge is 0.478 e. The van der Waals surface area contributed by atoms with Gasteiger partial charge in [0.2, 0.25) is 0 Å². The van der Waals surface area contributed by atoms with Gasteiger partial charge in [0.1, 0.15) is 5.69 Å². The van der Waals surface area contributed by atoms with Gasteiger partial charge in [0, 0.05) is 36.1 Å². The van der Waals surface area contributed by atoms with Gasteiger partial charge in [0.15, 0.2) is 5.82 Å². The van der Waals surface area contributed by atoms with Gasteiger partial charge in [0.05, 0.1) is 16.6 Å². The second kappa shape index (κ2) is 7.87. The Kier molecular flexibility index (Phi) is 5.12. The van der Waals surface area contributed by atoms with E-state index in [1.54, 1.807) is 24.3 Å². The zero-order chi connectivity index (χ0) is 20.4. The van der Waals surface area contributed by atoms with E-state index in [2.05, 4.69) is 4.90 Å². The third-order valence-electron chi connectivity index (χ3n) is 5.31. The SMILES string of the molecule is N=Cc1cc(-c2nc3ccc(C(=O)O)cc3nc2N2CCCCCC2)ccc1N. The highest BCUT2D eigenvalue weighted by Crippen LogP contribution is 2.32. The van der Waals surface area contributed by atoms with Crippen LogP contribution in [0, 0.1) is 5.41 Å². The Labute approximate surface area is 168 Å². The fourth-order valence-electron chi connectivity index (χ4n) is 3.72. The molecule has 0 atom stereocenters. The maximum Gasteiger partial charge on any atom is 0.335 e. The number of carbonyl (C=O) groups is 1. The summed E-state index contributed by atoms with van der Waals surface area (Å²) < 4.78 is 0. The van der Waals surface area contributed by atoms with Gasteiger partial charge >= 0.3 is 5.97 Å². The third kappa shape index (κ3) is 3.76. The minimum atomic E-state index is -0.983. The van der Waals surface area contributed by atoms with Crippen molar-refractivity contribution in [2.75, 3.05) is 23.7 Å². The lowest BCUT2D eigenvalue weighted by molar-refractivity contribution is 0.0697. The van der Waals surface area contributed by atoms with E-state index in [-0.39, 0.29) is 5.56 Å². The fraction of sp³-hybridized carbons (Fsp3) is 0.273. The third-order valence-corrected chi connectivity index (χ3v) is 5.31. The summed E-state index contributed by atoms with van der Waals surface area (Å²) in [6.45, 7) is 1.77. The monoisotopic (exact) mass is 389 g/mol. The molecule has 4 N–H and O–H groups in total. The molecule has 4 rings (SSSR count). The summed E-state index contributed by atoms with van der Waals surface area (Å²) in [4.78, 5) is 23.3. The molecule has 148 valence electrons. The van der Waals surface area contributed by atoms with Gasteiger partial charge in [-0.3, -0.25) is 0 Å². The van der Waals surface area contributed by atoms with Crippen molar-refractivity contribution in [1.82, 2.24) is 9.97 Å². The van der Waals surface area contributed by atoms with Crippen LogP contribution >= 0.6 is 0 Å². The van der Waals surface area contributed by atoms with Crippen LogP contribution in [0.15, 0.2) is 36.4 Å². The molecule has 3 aromatic rings. The Morgan fingerprint density at radius 1 is 1.03 bits per heavy atom. The van der Waals surface area contributed by atoms with Gasteiger partial charge in [-0.25, -0.2) is 14.8 Å².